The van der Waals surface area contributed by atoms with Gasteiger partial charge in [0.2, 0.25) is 5.91 Å². The van der Waals surface area contributed by atoms with Gasteiger partial charge in [-0.3, -0.25) is 4.79 Å². The summed E-state index contributed by atoms with van der Waals surface area (Å²) in [7, 11) is 0. The molecule has 2 aromatic rings. The Balaban J connectivity index is 1.94. The van der Waals surface area contributed by atoms with Crippen LogP contribution in [-0.2, 0) is 4.79 Å². The van der Waals surface area contributed by atoms with Crippen LogP contribution in [0.5, 0.6) is 0 Å². The molecule has 0 saturated carbocycles. The second-order valence-corrected chi connectivity index (χ2v) is 5.13. The lowest BCUT2D eigenvalue weighted by Gasteiger charge is -2.05. The van der Waals surface area contributed by atoms with Crippen LogP contribution in [0.2, 0.25) is 0 Å². The fourth-order valence-electron chi connectivity index (χ4n) is 1.53. The predicted octanol–water partition coefficient (Wildman–Crippen LogP) is 2.38. The minimum atomic E-state index is -1.02. The van der Waals surface area contributed by atoms with Gasteiger partial charge in [0.15, 0.2) is 16.8 Å². The van der Waals surface area contributed by atoms with Crippen molar-refractivity contribution in [3.63, 3.8) is 0 Å². The van der Waals surface area contributed by atoms with Crippen LogP contribution in [-0.4, -0.2) is 21.6 Å². The molecular weight excluding hydrogens is 298 g/mol. The zero-order chi connectivity index (χ0) is 15.4. The standard InChI is InChI=1S/C13H12F2N4OS/c1-7-4-11(16)19-13(17-7)21-6-12(20)18-8-2-3-9(14)10(15)5-8/h2-5H,6H2,1H3,(H,18,20)(H2,16,17,19). The molecule has 8 heteroatoms. The second-order valence-electron chi connectivity index (χ2n) is 4.18. The molecule has 3 N–H and O–H groups in total. The molecule has 0 radical (unpaired) electrons. The number of aromatic nitrogens is 2. The minimum absolute atomic E-state index is 0.0297. The average molecular weight is 310 g/mol. The molecular formula is C13H12F2N4OS. The number of nitrogen functional groups attached to an aromatic ring is 1. The van der Waals surface area contributed by atoms with Crippen LogP contribution < -0.4 is 11.1 Å². The van der Waals surface area contributed by atoms with Gasteiger partial charge in [0.1, 0.15) is 5.82 Å². The average Bonchev–Trinajstić information content (AvgIpc) is 2.40. The van der Waals surface area contributed by atoms with E-state index in [4.69, 9.17) is 5.73 Å². The van der Waals surface area contributed by atoms with E-state index in [1.807, 2.05) is 0 Å². The number of nitrogens with zero attached hydrogens (tertiary/aromatic N) is 2. The molecule has 0 unspecified atom stereocenters. The Bertz CT molecular complexity index is 661. The Morgan fingerprint density at radius 2 is 2.05 bits per heavy atom. The van der Waals surface area contributed by atoms with Gasteiger partial charge >= 0.3 is 0 Å². The number of hydrogen-bond acceptors (Lipinski definition) is 5. The van der Waals surface area contributed by atoms with Crippen LogP contribution in [0.3, 0.4) is 0 Å². The number of benzene rings is 1. The van der Waals surface area contributed by atoms with E-state index < -0.39 is 11.6 Å². The van der Waals surface area contributed by atoms with Crippen molar-refractivity contribution in [3.8, 4) is 0 Å². The molecule has 5 nitrogen and oxygen atoms in total. The molecule has 1 heterocycles. The van der Waals surface area contributed by atoms with Gasteiger partial charge in [-0.05, 0) is 19.1 Å². The van der Waals surface area contributed by atoms with Crippen molar-refractivity contribution in [1.82, 2.24) is 9.97 Å². The van der Waals surface area contributed by atoms with Gasteiger partial charge in [-0.1, -0.05) is 11.8 Å². The lowest BCUT2D eigenvalue weighted by Crippen LogP contribution is -2.14. The Labute approximate surface area is 124 Å². The third kappa shape index (κ3) is 4.38. The summed E-state index contributed by atoms with van der Waals surface area (Å²) in [4.78, 5) is 19.8. The number of aryl methyl sites for hydroxylation is 1. The Morgan fingerprint density at radius 3 is 2.71 bits per heavy atom. The zero-order valence-corrected chi connectivity index (χ0v) is 11.9. The van der Waals surface area contributed by atoms with Gasteiger partial charge < -0.3 is 11.1 Å². The number of hydrogen-bond donors (Lipinski definition) is 2. The van der Waals surface area contributed by atoms with E-state index >= 15 is 0 Å². The van der Waals surface area contributed by atoms with E-state index in [-0.39, 0.29) is 17.3 Å². The summed E-state index contributed by atoms with van der Waals surface area (Å²) in [6, 6.07) is 4.76. The van der Waals surface area contributed by atoms with Gasteiger partial charge in [0, 0.05) is 23.5 Å². The largest absolute Gasteiger partial charge is 0.384 e. The summed E-state index contributed by atoms with van der Waals surface area (Å²) < 4.78 is 25.8. The van der Waals surface area contributed by atoms with E-state index in [2.05, 4.69) is 15.3 Å². The minimum Gasteiger partial charge on any atom is -0.384 e. The van der Waals surface area contributed by atoms with Crippen LogP contribution in [0.15, 0.2) is 29.4 Å². The van der Waals surface area contributed by atoms with Crippen molar-refractivity contribution in [2.45, 2.75) is 12.1 Å². The maximum absolute atomic E-state index is 13.0. The van der Waals surface area contributed by atoms with Crippen molar-refractivity contribution in [3.05, 3.63) is 41.6 Å². The fraction of sp³-hybridized carbons (Fsp3) is 0.154. The molecule has 0 spiro atoms. The molecule has 0 aliphatic carbocycles. The van der Waals surface area contributed by atoms with Crippen LogP contribution >= 0.6 is 11.8 Å². The number of carbonyl (C=O) groups excluding carboxylic acids is 1. The van der Waals surface area contributed by atoms with E-state index in [0.29, 0.717) is 16.7 Å². The van der Waals surface area contributed by atoms with E-state index in [9.17, 15) is 13.6 Å². The third-order valence-corrected chi connectivity index (χ3v) is 3.24. The van der Waals surface area contributed by atoms with Gasteiger partial charge in [0.05, 0.1) is 5.75 Å². The zero-order valence-electron chi connectivity index (χ0n) is 11.1. The molecule has 0 saturated heterocycles. The quantitative estimate of drug-likeness (QED) is 0.669. The number of rotatable bonds is 4. The van der Waals surface area contributed by atoms with E-state index in [1.54, 1.807) is 13.0 Å². The number of nitrogens with two attached hydrogens (primary N) is 1. The summed E-state index contributed by atoms with van der Waals surface area (Å²) >= 11 is 1.10. The maximum Gasteiger partial charge on any atom is 0.234 e. The van der Waals surface area contributed by atoms with Crippen LogP contribution in [0.25, 0.3) is 0 Å². The molecule has 0 bridgehead atoms. The second kappa shape index (κ2) is 6.49. The highest BCUT2D eigenvalue weighted by atomic mass is 32.2. The van der Waals surface area contributed by atoms with Crippen molar-refractivity contribution >= 4 is 29.2 Å². The Morgan fingerprint density at radius 1 is 1.29 bits per heavy atom. The summed E-state index contributed by atoms with van der Waals surface area (Å²) in [5.74, 6) is -2.01. The van der Waals surface area contributed by atoms with Gasteiger partial charge in [0.25, 0.3) is 0 Å². The molecule has 110 valence electrons. The fourth-order valence-corrected chi connectivity index (χ4v) is 2.24. The SMILES string of the molecule is Cc1cc(N)nc(SCC(=O)Nc2ccc(F)c(F)c2)n1. The number of nitrogens with one attached hydrogen (secondary N) is 1. The lowest BCUT2D eigenvalue weighted by molar-refractivity contribution is -0.113. The van der Waals surface area contributed by atoms with E-state index in [1.165, 1.54) is 6.07 Å². The van der Waals surface area contributed by atoms with Crippen molar-refractivity contribution in [2.75, 3.05) is 16.8 Å². The van der Waals surface area contributed by atoms with Crippen molar-refractivity contribution < 1.29 is 13.6 Å². The first kappa shape index (κ1) is 15.2. The molecule has 1 aromatic carbocycles. The monoisotopic (exact) mass is 310 g/mol. The third-order valence-electron chi connectivity index (χ3n) is 2.39. The van der Waals surface area contributed by atoms with Crippen LogP contribution in [0, 0.1) is 18.6 Å². The first-order chi connectivity index (χ1) is 9.94. The highest BCUT2D eigenvalue weighted by Crippen LogP contribution is 2.17. The summed E-state index contributed by atoms with van der Waals surface area (Å²) in [5.41, 5.74) is 6.46. The molecule has 2 rings (SSSR count). The Kier molecular flexibility index (Phi) is 4.69. The lowest BCUT2D eigenvalue weighted by atomic mass is 10.3. The van der Waals surface area contributed by atoms with Crippen LogP contribution in [0.1, 0.15) is 5.69 Å². The Hall–Kier alpha value is -2.22. The first-order valence-electron chi connectivity index (χ1n) is 5.93. The molecule has 21 heavy (non-hydrogen) atoms. The topological polar surface area (TPSA) is 80.9 Å². The molecule has 1 aromatic heterocycles. The smallest absolute Gasteiger partial charge is 0.234 e. The summed E-state index contributed by atoms with van der Waals surface area (Å²) in [6.45, 7) is 1.77. The molecule has 1 amide bonds. The predicted molar refractivity (Wildman–Crippen MR) is 76.9 cm³/mol. The molecule has 0 aliphatic rings. The highest BCUT2D eigenvalue weighted by molar-refractivity contribution is 7.99. The molecule has 0 atom stereocenters. The summed E-state index contributed by atoms with van der Waals surface area (Å²) in [5, 5.41) is 2.84. The van der Waals surface area contributed by atoms with Gasteiger partial charge in [-0.25, -0.2) is 18.7 Å². The van der Waals surface area contributed by atoms with Gasteiger partial charge in [-0.15, -0.1) is 0 Å². The van der Waals surface area contributed by atoms with E-state index in [0.717, 1.165) is 23.9 Å². The highest BCUT2D eigenvalue weighted by Gasteiger charge is 2.08. The number of anilines is 2. The summed E-state index contributed by atoms with van der Waals surface area (Å²) in [6.07, 6.45) is 0. The normalized spacial score (nSPS) is 10.4. The molecule has 0 aliphatic heterocycles. The number of amides is 1. The number of carbonyl (C=O) groups is 1. The number of halogens is 2. The van der Waals surface area contributed by atoms with Crippen molar-refractivity contribution in [1.29, 1.82) is 0 Å². The first-order valence-corrected chi connectivity index (χ1v) is 6.91. The maximum atomic E-state index is 13.0. The van der Waals surface area contributed by atoms with Gasteiger partial charge in [-0.2, -0.15) is 0 Å². The number of thioether (sulfide) groups is 1. The van der Waals surface area contributed by atoms with Crippen molar-refractivity contribution in [2.24, 2.45) is 0 Å². The van der Waals surface area contributed by atoms with Crippen LogP contribution in [0.4, 0.5) is 20.3 Å². The molecule has 0 fully saturated rings.